The molecule has 0 radical (unpaired) electrons. The second-order valence-corrected chi connectivity index (χ2v) is 5.52. The average molecular weight is 346 g/mol. The van der Waals surface area contributed by atoms with E-state index in [0.717, 1.165) is 42.8 Å². The van der Waals surface area contributed by atoms with Gasteiger partial charge in [-0.1, -0.05) is 0 Å². The van der Waals surface area contributed by atoms with Crippen molar-refractivity contribution in [1.29, 1.82) is 0 Å². The Labute approximate surface area is 140 Å². The molecule has 2 aliphatic rings. The molecule has 2 aliphatic heterocycles. The lowest BCUT2D eigenvalue weighted by atomic mass is 9.81. The van der Waals surface area contributed by atoms with Crippen molar-refractivity contribution in [3.8, 4) is 17.0 Å². The zero-order chi connectivity index (χ0) is 13.7. The number of aryl methyl sites for hydroxylation is 1. The van der Waals surface area contributed by atoms with Gasteiger partial charge in [0.2, 0.25) is 0 Å². The predicted octanol–water partition coefficient (Wildman–Crippen LogP) is 3.04. The Hall–Kier alpha value is -1.30. The standard InChI is InChI=1S/C15H16FN3O.2ClH/c1-19-14-11-3-2-10(16)8-13(11)20-15(12(14)9-18-19)4-6-17-7-5-15;;/h2-3,8-9,17H,4-7H2,1H3;2*1H. The summed E-state index contributed by atoms with van der Waals surface area (Å²) in [5, 5.41) is 7.74. The van der Waals surface area contributed by atoms with Crippen molar-refractivity contribution in [3.05, 3.63) is 35.8 Å². The third kappa shape index (κ3) is 2.37. The number of hydrogen-bond acceptors (Lipinski definition) is 3. The van der Waals surface area contributed by atoms with Crippen LogP contribution in [0.3, 0.4) is 0 Å². The second-order valence-electron chi connectivity index (χ2n) is 5.52. The fraction of sp³-hybridized carbons (Fsp3) is 0.400. The van der Waals surface area contributed by atoms with E-state index in [1.165, 1.54) is 12.1 Å². The number of benzene rings is 1. The molecule has 2 aromatic rings. The molecular weight excluding hydrogens is 328 g/mol. The summed E-state index contributed by atoms with van der Waals surface area (Å²) >= 11 is 0. The van der Waals surface area contributed by atoms with Gasteiger partial charge in [-0.15, -0.1) is 24.8 Å². The molecule has 1 aromatic carbocycles. The highest BCUT2D eigenvalue weighted by Gasteiger charge is 2.43. The molecule has 1 saturated heterocycles. The second kappa shape index (κ2) is 6.07. The SMILES string of the molecule is Cl.Cl.Cn1ncc2c1-c1ccc(F)cc1OC21CCNCC1. The molecule has 0 aliphatic carbocycles. The van der Waals surface area contributed by atoms with Crippen LogP contribution in [0.1, 0.15) is 18.4 Å². The first-order valence-corrected chi connectivity index (χ1v) is 6.92. The number of hydrogen-bond donors (Lipinski definition) is 1. The summed E-state index contributed by atoms with van der Waals surface area (Å²) in [4.78, 5) is 0. The van der Waals surface area contributed by atoms with Gasteiger partial charge in [-0.05, 0) is 25.2 Å². The summed E-state index contributed by atoms with van der Waals surface area (Å²) in [5.74, 6) is 0.362. The number of rotatable bonds is 0. The summed E-state index contributed by atoms with van der Waals surface area (Å²) in [6, 6.07) is 4.73. The largest absolute Gasteiger partial charge is 0.482 e. The smallest absolute Gasteiger partial charge is 0.140 e. The molecule has 3 heterocycles. The Balaban J connectivity index is 0.000000882. The van der Waals surface area contributed by atoms with E-state index in [1.807, 2.05) is 17.9 Å². The van der Waals surface area contributed by atoms with E-state index in [2.05, 4.69) is 10.4 Å². The van der Waals surface area contributed by atoms with Crippen molar-refractivity contribution in [2.45, 2.75) is 18.4 Å². The van der Waals surface area contributed by atoms with E-state index in [1.54, 1.807) is 6.07 Å². The van der Waals surface area contributed by atoms with E-state index in [4.69, 9.17) is 4.74 Å². The van der Waals surface area contributed by atoms with Gasteiger partial charge in [0.15, 0.2) is 0 Å². The van der Waals surface area contributed by atoms with Gasteiger partial charge < -0.3 is 10.1 Å². The van der Waals surface area contributed by atoms with Crippen molar-refractivity contribution in [3.63, 3.8) is 0 Å². The van der Waals surface area contributed by atoms with E-state index in [-0.39, 0.29) is 36.2 Å². The Morgan fingerprint density at radius 2 is 2.00 bits per heavy atom. The minimum atomic E-state index is -0.365. The summed E-state index contributed by atoms with van der Waals surface area (Å²) in [5.41, 5.74) is 2.73. The molecule has 1 fully saturated rings. The van der Waals surface area contributed by atoms with Crippen LogP contribution in [0, 0.1) is 5.82 Å². The van der Waals surface area contributed by atoms with E-state index in [0.29, 0.717) is 5.75 Å². The van der Waals surface area contributed by atoms with Crippen LogP contribution in [0.15, 0.2) is 24.4 Å². The lowest BCUT2D eigenvalue weighted by Gasteiger charge is -2.41. The lowest BCUT2D eigenvalue weighted by Crippen LogP contribution is -2.45. The Kier molecular flexibility index (Phi) is 4.70. The Morgan fingerprint density at radius 1 is 1.27 bits per heavy atom. The minimum Gasteiger partial charge on any atom is -0.482 e. The fourth-order valence-corrected chi connectivity index (χ4v) is 3.33. The quantitative estimate of drug-likeness (QED) is 0.797. The van der Waals surface area contributed by atoms with Crippen LogP contribution in [0.4, 0.5) is 4.39 Å². The van der Waals surface area contributed by atoms with Gasteiger partial charge in [0.25, 0.3) is 0 Å². The van der Waals surface area contributed by atoms with Crippen molar-refractivity contribution in [2.75, 3.05) is 13.1 Å². The van der Waals surface area contributed by atoms with Crippen LogP contribution in [-0.2, 0) is 12.6 Å². The van der Waals surface area contributed by atoms with Crippen LogP contribution in [0.25, 0.3) is 11.3 Å². The monoisotopic (exact) mass is 345 g/mol. The topological polar surface area (TPSA) is 39.1 Å². The van der Waals surface area contributed by atoms with Gasteiger partial charge in [0, 0.05) is 37.1 Å². The molecule has 1 aromatic heterocycles. The van der Waals surface area contributed by atoms with Crippen molar-refractivity contribution in [2.24, 2.45) is 7.05 Å². The number of fused-ring (bicyclic) bond motifs is 4. The first kappa shape index (κ1) is 17.1. The van der Waals surface area contributed by atoms with Gasteiger partial charge >= 0.3 is 0 Å². The molecule has 0 unspecified atom stereocenters. The maximum atomic E-state index is 13.5. The average Bonchev–Trinajstić information content (AvgIpc) is 2.83. The van der Waals surface area contributed by atoms with Crippen LogP contribution < -0.4 is 10.1 Å². The Bertz CT molecular complexity index is 683. The van der Waals surface area contributed by atoms with Crippen molar-refractivity contribution in [1.82, 2.24) is 15.1 Å². The third-order valence-electron chi connectivity index (χ3n) is 4.34. The molecule has 0 amide bonds. The lowest BCUT2D eigenvalue weighted by molar-refractivity contribution is 0.0303. The summed E-state index contributed by atoms with van der Waals surface area (Å²) < 4.78 is 21.6. The molecule has 120 valence electrons. The summed E-state index contributed by atoms with van der Waals surface area (Å²) in [6.07, 6.45) is 3.65. The molecule has 0 saturated carbocycles. The number of ether oxygens (including phenoxy) is 1. The maximum absolute atomic E-state index is 13.5. The highest BCUT2D eigenvalue weighted by Crippen LogP contribution is 2.48. The third-order valence-corrected chi connectivity index (χ3v) is 4.34. The maximum Gasteiger partial charge on any atom is 0.140 e. The van der Waals surface area contributed by atoms with Crippen LogP contribution >= 0.6 is 24.8 Å². The predicted molar refractivity (Wildman–Crippen MR) is 87.5 cm³/mol. The normalized spacial score (nSPS) is 17.5. The molecule has 4 rings (SSSR count). The van der Waals surface area contributed by atoms with E-state index >= 15 is 0 Å². The number of nitrogens with zero attached hydrogens (tertiary/aromatic N) is 2. The Morgan fingerprint density at radius 3 is 2.73 bits per heavy atom. The van der Waals surface area contributed by atoms with Gasteiger partial charge in [0.05, 0.1) is 11.9 Å². The van der Waals surface area contributed by atoms with E-state index < -0.39 is 0 Å². The van der Waals surface area contributed by atoms with Gasteiger partial charge in [-0.2, -0.15) is 5.10 Å². The zero-order valence-corrected chi connectivity index (χ0v) is 13.8. The van der Waals surface area contributed by atoms with Crippen LogP contribution in [0.5, 0.6) is 5.75 Å². The first-order valence-electron chi connectivity index (χ1n) is 6.92. The number of halogens is 3. The summed E-state index contributed by atoms with van der Waals surface area (Å²) in [6.45, 7) is 1.80. The number of nitrogens with one attached hydrogen (secondary N) is 1. The molecular formula is C15H18Cl2FN3O. The van der Waals surface area contributed by atoms with Crippen LogP contribution in [0.2, 0.25) is 0 Å². The van der Waals surface area contributed by atoms with Crippen molar-refractivity contribution < 1.29 is 9.13 Å². The van der Waals surface area contributed by atoms with Crippen molar-refractivity contribution >= 4 is 24.8 Å². The molecule has 0 bridgehead atoms. The highest BCUT2D eigenvalue weighted by atomic mass is 35.5. The highest BCUT2D eigenvalue weighted by molar-refractivity contribution is 5.85. The molecule has 1 N–H and O–H groups in total. The number of piperidine rings is 1. The first-order chi connectivity index (χ1) is 9.70. The van der Waals surface area contributed by atoms with E-state index in [9.17, 15) is 4.39 Å². The minimum absolute atomic E-state index is 0. The van der Waals surface area contributed by atoms with Gasteiger partial charge in [-0.3, -0.25) is 4.68 Å². The molecule has 0 atom stereocenters. The van der Waals surface area contributed by atoms with Gasteiger partial charge in [-0.25, -0.2) is 4.39 Å². The molecule has 1 spiro atoms. The zero-order valence-electron chi connectivity index (χ0n) is 12.1. The van der Waals surface area contributed by atoms with Crippen LogP contribution in [-0.4, -0.2) is 22.9 Å². The van der Waals surface area contributed by atoms with Gasteiger partial charge in [0.1, 0.15) is 17.2 Å². The molecule has 7 heteroatoms. The fourth-order valence-electron chi connectivity index (χ4n) is 3.33. The number of aromatic nitrogens is 2. The summed E-state index contributed by atoms with van der Waals surface area (Å²) in [7, 11) is 1.92. The molecule has 4 nitrogen and oxygen atoms in total. The molecule has 22 heavy (non-hydrogen) atoms.